The molecule has 4 nitrogen and oxygen atoms in total. The zero-order chi connectivity index (χ0) is 13.9. The monoisotopic (exact) mass is 282 g/mol. The van der Waals surface area contributed by atoms with Crippen molar-refractivity contribution in [3.63, 3.8) is 0 Å². The van der Waals surface area contributed by atoms with Crippen LogP contribution in [0.4, 0.5) is 5.69 Å². The minimum Gasteiger partial charge on any atom is -0.399 e. The Labute approximate surface area is 115 Å². The highest BCUT2D eigenvalue weighted by Crippen LogP contribution is 2.26. The first-order valence-corrected chi connectivity index (χ1v) is 8.29. The van der Waals surface area contributed by atoms with E-state index in [0.29, 0.717) is 10.6 Å². The Kier molecular flexibility index (Phi) is 4.47. The van der Waals surface area contributed by atoms with Crippen molar-refractivity contribution in [2.45, 2.75) is 49.5 Å². The Balaban J connectivity index is 2.20. The zero-order valence-electron chi connectivity index (χ0n) is 11.4. The Morgan fingerprint density at radius 3 is 2.11 bits per heavy atom. The van der Waals surface area contributed by atoms with Gasteiger partial charge in [-0.05, 0) is 37.1 Å². The largest absolute Gasteiger partial charge is 0.399 e. The number of hydrogen-bond donors (Lipinski definition) is 1. The molecule has 1 fully saturated rings. The average molecular weight is 282 g/mol. The summed E-state index contributed by atoms with van der Waals surface area (Å²) in [5.74, 6) is 0. The number of nitrogens with zero attached hydrogens (tertiary/aromatic N) is 1. The molecule has 0 amide bonds. The highest BCUT2D eigenvalue weighted by atomic mass is 32.2. The van der Waals surface area contributed by atoms with Gasteiger partial charge in [0.2, 0.25) is 10.0 Å². The fourth-order valence-corrected chi connectivity index (χ4v) is 4.04. The van der Waals surface area contributed by atoms with Crippen LogP contribution >= 0.6 is 0 Å². The van der Waals surface area contributed by atoms with E-state index < -0.39 is 10.0 Å². The first-order valence-electron chi connectivity index (χ1n) is 6.85. The van der Waals surface area contributed by atoms with Crippen molar-refractivity contribution >= 4 is 15.7 Å². The second kappa shape index (κ2) is 5.92. The molecule has 0 heterocycles. The smallest absolute Gasteiger partial charge is 0.243 e. The van der Waals surface area contributed by atoms with E-state index in [-0.39, 0.29) is 6.04 Å². The predicted molar refractivity (Wildman–Crippen MR) is 77.3 cm³/mol. The molecule has 0 unspecified atom stereocenters. The maximum atomic E-state index is 12.5. The molecule has 1 aliphatic carbocycles. The maximum Gasteiger partial charge on any atom is 0.243 e. The van der Waals surface area contributed by atoms with E-state index in [1.807, 2.05) is 0 Å². The van der Waals surface area contributed by atoms with E-state index in [1.165, 1.54) is 12.8 Å². The van der Waals surface area contributed by atoms with Gasteiger partial charge in [0, 0.05) is 18.8 Å². The normalized spacial score (nSPS) is 18.4. The summed E-state index contributed by atoms with van der Waals surface area (Å²) in [5.41, 5.74) is 6.18. The molecule has 0 spiro atoms. The van der Waals surface area contributed by atoms with Crippen molar-refractivity contribution in [3.8, 4) is 0 Å². The van der Waals surface area contributed by atoms with E-state index >= 15 is 0 Å². The van der Waals surface area contributed by atoms with Gasteiger partial charge >= 0.3 is 0 Å². The van der Waals surface area contributed by atoms with Gasteiger partial charge in [-0.2, -0.15) is 4.31 Å². The second-order valence-electron chi connectivity index (χ2n) is 5.24. The van der Waals surface area contributed by atoms with Gasteiger partial charge < -0.3 is 5.73 Å². The van der Waals surface area contributed by atoms with Gasteiger partial charge in [-0.3, -0.25) is 0 Å². The average Bonchev–Trinajstić information content (AvgIpc) is 2.67. The van der Waals surface area contributed by atoms with Crippen LogP contribution in [0.15, 0.2) is 29.2 Å². The topological polar surface area (TPSA) is 63.4 Å². The molecule has 2 N–H and O–H groups in total. The third kappa shape index (κ3) is 3.28. The molecule has 0 radical (unpaired) electrons. The molecule has 1 aromatic rings. The van der Waals surface area contributed by atoms with Gasteiger partial charge in [0.25, 0.3) is 0 Å². The number of hydrogen-bond acceptors (Lipinski definition) is 3. The number of rotatable bonds is 3. The SMILES string of the molecule is CN(C1CCCCCC1)S(=O)(=O)c1ccc(N)cc1. The van der Waals surface area contributed by atoms with Crippen molar-refractivity contribution in [3.05, 3.63) is 24.3 Å². The molecule has 2 rings (SSSR count). The number of nitrogen functional groups attached to an aromatic ring is 1. The first kappa shape index (κ1) is 14.3. The fourth-order valence-electron chi connectivity index (χ4n) is 2.62. The summed E-state index contributed by atoms with van der Waals surface area (Å²) in [6, 6.07) is 6.56. The third-order valence-corrected chi connectivity index (χ3v) is 5.82. The van der Waals surface area contributed by atoms with Crippen molar-refractivity contribution in [2.75, 3.05) is 12.8 Å². The van der Waals surface area contributed by atoms with Gasteiger partial charge in [0.1, 0.15) is 0 Å². The summed E-state index contributed by atoms with van der Waals surface area (Å²) in [4.78, 5) is 0.327. The molecular weight excluding hydrogens is 260 g/mol. The lowest BCUT2D eigenvalue weighted by Crippen LogP contribution is -2.36. The van der Waals surface area contributed by atoms with E-state index in [0.717, 1.165) is 25.7 Å². The highest BCUT2D eigenvalue weighted by Gasteiger charge is 2.28. The first-order chi connectivity index (χ1) is 9.01. The second-order valence-corrected chi connectivity index (χ2v) is 7.23. The lowest BCUT2D eigenvalue weighted by atomic mass is 10.1. The van der Waals surface area contributed by atoms with Gasteiger partial charge in [-0.15, -0.1) is 0 Å². The fraction of sp³-hybridized carbons (Fsp3) is 0.571. The molecular formula is C14H22N2O2S. The van der Waals surface area contributed by atoms with E-state index in [9.17, 15) is 8.42 Å². The molecule has 0 aromatic heterocycles. The Morgan fingerprint density at radius 1 is 1.05 bits per heavy atom. The lowest BCUT2D eigenvalue weighted by Gasteiger charge is -2.26. The van der Waals surface area contributed by atoms with Crippen molar-refractivity contribution < 1.29 is 8.42 Å². The van der Waals surface area contributed by atoms with Gasteiger partial charge in [-0.25, -0.2) is 8.42 Å². The van der Waals surface area contributed by atoms with Crippen LogP contribution in [-0.4, -0.2) is 25.8 Å². The van der Waals surface area contributed by atoms with Crippen molar-refractivity contribution in [2.24, 2.45) is 0 Å². The number of sulfonamides is 1. The van der Waals surface area contributed by atoms with Gasteiger partial charge in [0.05, 0.1) is 4.90 Å². The summed E-state index contributed by atoms with van der Waals surface area (Å²) in [6.07, 6.45) is 6.59. The number of anilines is 1. The minimum atomic E-state index is -3.39. The lowest BCUT2D eigenvalue weighted by molar-refractivity contribution is 0.336. The van der Waals surface area contributed by atoms with Crippen LogP contribution in [-0.2, 0) is 10.0 Å². The predicted octanol–water partition coefficient (Wildman–Crippen LogP) is 2.61. The Bertz CT molecular complexity index is 503. The zero-order valence-corrected chi connectivity index (χ0v) is 12.2. The quantitative estimate of drug-likeness (QED) is 0.684. The third-order valence-electron chi connectivity index (χ3n) is 3.90. The van der Waals surface area contributed by atoms with Crippen molar-refractivity contribution in [1.82, 2.24) is 4.31 Å². The maximum absolute atomic E-state index is 12.5. The molecule has 5 heteroatoms. The van der Waals surface area contributed by atoms with E-state index in [2.05, 4.69) is 0 Å². The molecule has 0 bridgehead atoms. The summed E-state index contributed by atoms with van der Waals surface area (Å²) in [5, 5.41) is 0. The molecule has 1 aromatic carbocycles. The molecule has 0 aliphatic heterocycles. The summed E-state index contributed by atoms with van der Waals surface area (Å²) >= 11 is 0. The van der Waals surface area contributed by atoms with Crippen LogP contribution in [0.5, 0.6) is 0 Å². The van der Waals surface area contributed by atoms with Crippen LogP contribution < -0.4 is 5.73 Å². The standard InChI is InChI=1S/C14H22N2O2S/c1-16(13-6-4-2-3-5-7-13)19(17,18)14-10-8-12(15)9-11-14/h8-11,13H,2-7,15H2,1H3. The number of nitrogens with two attached hydrogens (primary N) is 1. The summed E-state index contributed by atoms with van der Waals surface area (Å²) < 4.78 is 26.6. The highest BCUT2D eigenvalue weighted by molar-refractivity contribution is 7.89. The molecule has 0 atom stereocenters. The van der Waals surface area contributed by atoms with Gasteiger partial charge in [-0.1, -0.05) is 25.7 Å². The van der Waals surface area contributed by atoms with Crippen LogP contribution in [0.1, 0.15) is 38.5 Å². The minimum absolute atomic E-state index is 0.130. The molecule has 106 valence electrons. The molecule has 0 saturated heterocycles. The Morgan fingerprint density at radius 2 is 1.58 bits per heavy atom. The van der Waals surface area contributed by atoms with Crippen LogP contribution in [0.25, 0.3) is 0 Å². The van der Waals surface area contributed by atoms with E-state index in [4.69, 9.17) is 5.73 Å². The van der Waals surface area contributed by atoms with Crippen LogP contribution in [0, 0.1) is 0 Å². The molecule has 1 aliphatic rings. The van der Waals surface area contributed by atoms with Crippen LogP contribution in [0.3, 0.4) is 0 Å². The number of benzene rings is 1. The molecule has 1 saturated carbocycles. The van der Waals surface area contributed by atoms with Gasteiger partial charge in [0.15, 0.2) is 0 Å². The summed E-state index contributed by atoms with van der Waals surface area (Å²) in [6.45, 7) is 0. The van der Waals surface area contributed by atoms with Crippen LogP contribution in [0.2, 0.25) is 0 Å². The summed E-state index contributed by atoms with van der Waals surface area (Å²) in [7, 11) is -1.70. The van der Waals surface area contributed by atoms with E-state index in [1.54, 1.807) is 35.6 Å². The van der Waals surface area contributed by atoms with Crippen molar-refractivity contribution in [1.29, 1.82) is 0 Å². The Hall–Kier alpha value is -1.07. The molecule has 19 heavy (non-hydrogen) atoms.